The molecule has 0 aromatic heterocycles. The zero-order valence-corrected chi connectivity index (χ0v) is 23.3. The molecule has 2 aliphatic rings. The van der Waals surface area contributed by atoms with E-state index >= 15 is 0 Å². The summed E-state index contributed by atoms with van der Waals surface area (Å²) in [6.07, 6.45) is -1.13. The van der Waals surface area contributed by atoms with Crippen LogP contribution in [0.4, 0.5) is 4.79 Å². The molecule has 13 nitrogen and oxygen atoms in total. The van der Waals surface area contributed by atoms with Gasteiger partial charge in [-0.1, -0.05) is 6.58 Å². The highest BCUT2D eigenvalue weighted by atomic mass is 16.7. The molecule has 2 aromatic carbocycles. The highest BCUT2D eigenvalue weighted by molar-refractivity contribution is 5.92. The quantitative estimate of drug-likeness (QED) is 0.0876. The maximum absolute atomic E-state index is 12.7. The number of unbranched alkanes of at least 4 members (excludes halogenated alkanes) is 1. The van der Waals surface area contributed by atoms with E-state index in [-0.39, 0.29) is 49.1 Å². The average molecular weight is 599 g/mol. The van der Waals surface area contributed by atoms with Crippen molar-refractivity contribution in [3.05, 3.63) is 72.3 Å². The molecule has 2 saturated heterocycles. The zero-order valence-electron chi connectivity index (χ0n) is 23.3. The van der Waals surface area contributed by atoms with E-state index in [9.17, 15) is 24.0 Å². The van der Waals surface area contributed by atoms with Crippen molar-refractivity contribution in [2.45, 2.75) is 44.2 Å². The maximum Gasteiger partial charge on any atom is 0.513 e. The Hall–Kier alpha value is -4.75. The second kappa shape index (κ2) is 14.9. The molecule has 2 aromatic rings. The van der Waals surface area contributed by atoms with Crippen LogP contribution in [0.3, 0.4) is 0 Å². The van der Waals surface area contributed by atoms with Crippen molar-refractivity contribution in [1.29, 1.82) is 0 Å². The lowest BCUT2D eigenvalue weighted by molar-refractivity contribution is -0.151. The number of hydrogen-bond acceptors (Lipinski definition) is 13. The molecule has 0 radical (unpaired) electrons. The third-order valence-electron chi connectivity index (χ3n) is 6.30. The second-order valence-electron chi connectivity index (χ2n) is 9.41. The fourth-order valence-electron chi connectivity index (χ4n) is 4.25. The molecule has 2 aliphatic heterocycles. The summed E-state index contributed by atoms with van der Waals surface area (Å²) in [5.74, 6) is -1.90. The van der Waals surface area contributed by atoms with Gasteiger partial charge in [0.1, 0.15) is 23.7 Å². The monoisotopic (exact) mass is 598 g/mol. The van der Waals surface area contributed by atoms with Gasteiger partial charge in [-0.05, 0) is 61.4 Å². The van der Waals surface area contributed by atoms with E-state index < -0.39 is 54.4 Å². The van der Waals surface area contributed by atoms with Crippen molar-refractivity contribution >= 4 is 30.0 Å². The SMILES string of the molecule is C=CC(=O)OCCCCOC(=O)Oc1ccc(C(=O)Oc2ccc(C(=O)O[C@H]3COC4C3OC[C@@H]4OC(C)=O)cc2)cc1. The van der Waals surface area contributed by atoms with Crippen molar-refractivity contribution in [2.75, 3.05) is 26.4 Å². The van der Waals surface area contributed by atoms with Crippen molar-refractivity contribution in [3.8, 4) is 11.5 Å². The van der Waals surface area contributed by atoms with Gasteiger partial charge in [-0.25, -0.2) is 19.2 Å². The van der Waals surface area contributed by atoms with Crippen LogP contribution in [0, 0.1) is 0 Å². The van der Waals surface area contributed by atoms with Gasteiger partial charge in [-0.15, -0.1) is 0 Å². The Morgan fingerprint density at radius 1 is 0.744 bits per heavy atom. The van der Waals surface area contributed by atoms with Gasteiger partial charge in [0.15, 0.2) is 12.2 Å². The first-order chi connectivity index (χ1) is 20.7. The van der Waals surface area contributed by atoms with Crippen LogP contribution in [0.15, 0.2) is 61.2 Å². The molecule has 0 aliphatic carbocycles. The van der Waals surface area contributed by atoms with Crippen LogP contribution in [0.2, 0.25) is 0 Å². The topological polar surface area (TPSA) is 159 Å². The first-order valence-electron chi connectivity index (χ1n) is 13.4. The highest BCUT2D eigenvalue weighted by Gasteiger charge is 2.51. The summed E-state index contributed by atoms with van der Waals surface area (Å²) in [6, 6.07) is 11.4. The van der Waals surface area contributed by atoms with Gasteiger partial charge in [0.05, 0.1) is 37.6 Å². The number of esters is 4. The molecule has 0 amide bonds. The molecule has 2 heterocycles. The molecule has 2 unspecified atom stereocenters. The van der Waals surface area contributed by atoms with Crippen LogP contribution in [0.25, 0.3) is 0 Å². The standard InChI is InChI=1S/C30H30O13/c1-3-25(32)36-14-4-5-15-37-30(35)42-22-12-8-19(9-13-22)28(33)41-21-10-6-20(7-11-21)29(34)43-24-17-39-26-23(40-18(2)31)16-38-27(24)26/h3,6-13,23-24,26-27H,1,4-5,14-17H2,2H3/t23-,24-,26?,27?/m0/s1. The summed E-state index contributed by atoms with van der Waals surface area (Å²) in [5.41, 5.74) is 0.417. The third kappa shape index (κ3) is 8.87. The number of rotatable bonds is 12. The Morgan fingerprint density at radius 3 is 1.81 bits per heavy atom. The maximum atomic E-state index is 12.7. The number of fused-ring (bicyclic) bond motifs is 1. The van der Waals surface area contributed by atoms with Crippen molar-refractivity contribution in [3.63, 3.8) is 0 Å². The molecule has 0 spiro atoms. The van der Waals surface area contributed by atoms with Crippen LogP contribution < -0.4 is 9.47 Å². The van der Waals surface area contributed by atoms with E-state index in [0.717, 1.165) is 6.08 Å². The van der Waals surface area contributed by atoms with Crippen LogP contribution in [-0.2, 0) is 38.0 Å². The van der Waals surface area contributed by atoms with E-state index in [1.807, 2.05) is 0 Å². The Labute approximate surface area is 246 Å². The Kier molecular flexibility index (Phi) is 10.8. The number of ether oxygens (including phenoxy) is 8. The fraction of sp³-hybridized carbons (Fsp3) is 0.367. The molecular weight excluding hydrogens is 568 g/mol. The van der Waals surface area contributed by atoms with E-state index in [2.05, 4.69) is 6.58 Å². The van der Waals surface area contributed by atoms with Gasteiger partial charge < -0.3 is 37.9 Å². The highest BCUT2D eigenvalue weighted by Crippen LogP contribution is 2.31. The summed E-state index contributed by atoms with van der Waals surface area (Å²) in [5, 5.41) is 0. The van der Waals surface area contributed by atoms with Gasteiger partial charge in [-0.2, -0.15) is 0 Å². The van der Waals surface area contributed by atoms with Gasteiger partial charge in [0.25, 0.3) is 0 Å². The predicted molar refractivity (Wildman–Crippen MR) is 144 cm³/mol. The molecule has 13 heteroatoms. The van der Waals surface area contributed by atoms with E-state index in [1.54, 1.807) is 0 Å². The molecule has 228 valence electrons. The molecular formula is C30H30O13. The zero-order chi connectivity index (χ0) is 30.8. The molecule has 0 N–H and O–H groups in total. The summed E-state index contributed by atoms with van der Waals surface area (Å²) >= 11 is 0. The number of hydrogen-bond donors (Lipinski definition) is 0. The van der Waals surface area contributed by atoms with E-state index in [0.29, 0.717) is 12.8 Å². The van der Waals surface area contributed by atoms with Gasteiger partial charge in [0, 0.05) is 13.0 Å². The summed E-state index contributed by atoms with van der Waals surface area (Å²) < 4.78 is 42.2. The fourth-order valence-corrected chi connectivity index (χ4v) is 4.25. The lowest BCUT2D eigenvalue weighted by Gasteiger charge is -2.17. The molecule has 4 rings (SSSR count). The van der Waals surface area contributed by atoms with Crippen molar-refractivity contribution < 1.29 is 61.9 Å². The first-order valence-corrected chi connectivity index (χ1v) is 13.4. The number of carbonyl (C=O) groups excluding carboxylic acids is 5. The average Bonchev–Trinajstić information content (AvgIpc) is 3.58. The normalized spacial score (nSPS) is 20.3. The van der Waals surface area contributed by atoms with Gasteiger partial charge in [-0.3, -0.25) is 4.79 Å². The Bertz CT molecular complexity index is 1320. The Morgan fingerprint density at radius 2 is 1.26 bits per heavy atom. The van der Waals surface area contributed by atoms with Crippen LogP contribution in [0.1, 0.15) is 40.5 Å². The largest absolute Gasteiger partial charge is 0.513 e. The van der Waals surface area contributed by atoms with Gasteiger partial charge >= 0.3 is 30.0 Å². The minimum Gasteiger partial charge on any atom is -0.463 e. The van der Waals surface area contributed by atoms with E-state index in [4.69, 9.17) is 37.9 Å². The summed E-state index contributed by atoms with van der Waals surface area (Å²) in [4.78, 5) is 59.2. The summed E-state index contributed by atoms with van der Waals surface area (Å²) in [6.45, 7) is 5.12. The van der Waals surface area contributed by atoms with Crippen molar-refractivity contribution in [1.82, 2.24) is 0 Å². The molecule has 0 bridgehead atoms. The molecule has 2 fully saturated rings. The summed E-state index contributed by atoms with van der Waals surface area (Å²) in [7, 11) is 0. The number of carbonyl (C=O) groups is 5. The van der Waals surface area contributed by atoms with Crippen LogP contribution >= 0.6 is 0 Å². The minimum atomic E-state index is -0.917. The number of benzene rings is 2. The molecule has 4 atom stereocenters. The van der Waals surface area contributed by atoms with Crippen LogP contribution in [-0.4, -0.2) is 80.9 Å². The second-order valence-corrected chi connectivity index (χ2v) is 9.41. The van der Waals surface area contributed by atoms with E-state index in [1.165, 1.54) is 55.5 Å². The van der Waals surface area contributed by atoms with Crippen molar-refractivity contribution in [2.24, 2.45) is 0 Å². The molecule has 43 heavy (non-hydrogen) atoms. The Balaban J connectivity index is 1.19. The predicted octanol–water partition coefficient (Wildman–Crippen LogP) is 3.19. The lowest BCUT2D eigenvalue weighted by atomic mass is 10.1. The third-order valence-corrected chi connectivity index (χ3v) is 6.30. The minimum absolute atomic E-state index is 0.0772. The first kappa shape index (κ1) is 31.2. The lowest BCUT2D eigenvalue weighted by Crippen LogP contribution is -2.35. The van der Waals surface area contributed by atoms with Gasteiger partial charge in [0.2, 0.25) is 0 Å². The smallest absolute Gasteiger partial charge is 0.463 e. The van der Waals surface area contributed by atoms with Crippen LogP contribution in [0.5, 0.6) is 11.5 Å². The molecule has 0 saturated carbocycles.